The lowest BCUT2D eigenvalue weighted by Gasteiger charge is -2.31. The molecule has 2 atom stereocenters. The van der Waals surface area contributed by atoms with Crippen LogP contribution >= 0.6 is 0 Å². The Morgan fingerprint density at radius 3 is 2.62 bits per heavy atom. The molecule has 0 amide bonds. The molecular formula is C15H23N. The molecular weight excluding hydrogens is 194 g/mol. The monoisotopic (exact) mass is 217 g/mol. The SMILES string of the molecule is CC(NC1CCc2ccccc21)C(C)(C)C. The van der Waals surface area contributed by atoms with Crippen molar-refractivity contribution in [3.63, 3.8) is 0 Å². The molecule has 1 aromatic rings. The number of hydrogen-bond donors (Lipinski definition) is 1. The highest BCUT2D eigenvalue weighted by atomic mass is 15.0. The van der Waals surface area contributed by atoms with Crippen molar-refractivity contribution in [3.05, 3.63) is 35.4 Å². The van der Waals surface area contributed by atoms with Crippen molar-refractivity contribution >= 4 is 0 Å². The Morgan fingerprint density at radius 2 is 1.94 bits per heavy atom. The van der Waals surface area contributed by atoms with E-state index in [1.807, 2.05) is 0 Å². The van der Waals surface area contributed by atoms with Crippen molar-refractivity contribution in [2.24, 2.45) is 5.41 Å². The van der Waals surface area contributed by atoms with Gasteiger partial charge in [0.25, 0.3) is 0 Å². The molecule has 1 aliphatic rings. The molecule has 16 heavy (non-hydrogen) atoms. The molecule has 88 valence electrons. The highest BCUT2D eigenvalue weighted by Crippen LogP contribution is 2.32. The Morgan fingerprint density at radius 1 is 1.25 bits per heavy atom. The highest BCUT2D eigenvalue weighted by molar-refractivity contribution is 5.34. The molecule has 0 spiro atoms. The van der Waals surface area contributed by atoms with Crippen LogP contribution < -0.4 is 5.32 Å². The molecule has 1 aromatic carbocycles. The summed E-state index contributed by atoms with van der Waals surface area (Å²) in [6.45, 7) is 9.18. The Hall–Kier alpha value is -0.820. The molecule has 1 aliphatic carbocycles. The van der Waals surface area contributed by atoms with Crippen molar-refractivity contribution in [3.8, 4) is 0 Å². The standard InChI is InChI=1S/C15H23N/c1-11(15(2,3)4)16-14-10-9-12-7-5-6-8-13(12)14/h5-8,11,14,16H,9-10H2,1-4H3. The second kappa shape index (κ2) is 4.21. The summed E-state index contributed by atoms with van der Waals surface area (Å²) in [6, 6.07) is 9.94. The van der Waals surface area contributed by atoms with Gasteiger partial charge in [-0.3, -0.25) is 0 Å². The third kappa shape index (κ3) is 2.30. The Bertz CT molecular complexity index is 362. The van der Waals surface area contributed by atoms with Gasteiger partial charge in [-0.25, -0.2) is 0 Å². The van der Waals surface area contributed by atoms with Gasteiger partial charge in [0.1, 0.15) is 0 Å². The van der Waals surface area contributed by atoms with Crippen LogP contribution in [0.5, 0.6) is 0 Å². The van der Waals surface area contributed by atoms with Crippen molar-refractivity contribution in [2.45, 2.75) is 52.6 Å². The normalized spacial score (nSPS) is 21.9. The molecule has 0 heterocycles. The van der Waals surface area contributed by atoms with E-state index < -0.39 is 0 Å². The smallest absolute Gasteiger partial charge is 0.0328 e. The lowest BCUT2D eigenvalue weighted by atomic mass is 9.87. The number of hydrogen-bond acceptors (Lipinski definition) is 1. The Balaban J connectivity index is 2.09. The number of rotatable bonds is 2. The van der Waals surface area contributed by atoms with Crippen molar-refractivity contribution in [1.82, 2.24) is 5.32 Å². The lowest BCUT2D eigenvalue weighted by molar-refractivity contribution is 0.262. The average Bonchev–Trinajstić information content (AvgIpc) is 2.61. The summed E-state index contributed by atoms with van der Waals surface area (Å²) in [7, 11) is 0. The molecule has 0 aliphatic heterocycles. The van der Waals surface area contributed by atoms with Gasteiger partial charge in [0.2, 0.25) is 0 Å². The van der Waals surface area contributed by atoms with Crippen LogP contribution in [0.3, 0.4) is 0 Å². The van der Waals surface area contributed by atoms with Gasteiger partial charge in [0, 0.05) is 12.1 Å². The van der Waals surface area contributed by atoms with Gasteiger partial charge in [0.15, 0.2) is 0 Å². The molecule has 0 saturated carbocycles. The third-order valence-corrected chi connectivity index (χ3v) is 3.88. The molecule has 2 unspecified atom stereocenters. The summed E-state index contributed by atoms with van der Waals surface area (Å²) in [5.74, 6) is 0. The molecule has 1 N–H and O–H groups in total. The van der Waals surface area contributed by atoms with E-state index in [2.05, 4.69) is 57.3 Å². The zero-order valence-electron chi connectivity index (χ0n) is 10.9. The zero-order chi connectivity index (χ0) is 11.8. The second-order valence-corrected chi connectivity index (χ2v) is 6.04. The minimum atomic E-state index is 0.331. The van der Waals surface area contributed by atoms with E-state index in [1.165, 1.54) is 24.0 Å². The predicted molar refractivity (Wildman–Crippen MR) is 69.6 cm³/mol. The van der Waals surface area contributed by atoms with Crippen LogP contribution in [0.25, 0.3) is 0 Å². The van der Waals surface area contributed by atoms with Crippen LogP contribution in [0.1, 0.15) is 51.3 Å². The minimum absolute atomic E-state index is 0.331. The lowest BCUT2D eigenvalue weighted by Crippen LogP contribution is -2.39. The van der Waals surface area contributed by atoms with E-state index in [4.69, 9.17) is 0 Å². The second-order valence-electron chi connectivity index (χ2n) is 6.04. The van der Waals surface area contributed by atoms with E-state index in [-0.39, 0.29) is 0 Å². The zero-order valence-corrected chi connectivity index (χ0v) is 10.9. The van der Waals surface area contributed by atoms with Crippen LogP contribution in [0.4, 0.5) is 0 Å². The fourth-order valence-electron chi connectivity index (χ4n) is 2.28. The number of nitrogens with one attached hydrogen (secondary N) is 1. The largest absolute Gasteiger partial charge is 0.307 e. The van der Waals surface area contributed by atoms with Gasteiger partial charge < -0.3 is 5.32 Å². The number of aryl methyl sites for hydroxylation is 1. The summed E-state index contributed by atoms with van der Waals surface area (Å²) in [5, 5.41) is 3.77. The molecule has 0 saturated heterocycles. The maximum atomic E-state index is 3.77. The van der Waals surface area contributed by atoms with E-state index in [0.29, 0.717) is 17.5 Å². The first-order valence-electron chi connectivity index (χ1n) is 6.32. The van der Waals surface area contributed by atoms with Crippen molar-refractivity contribution < 1.29 is 0 Å². The van der Waals surface area contributed by atoms with Gasteiger partial charge >= 0.3 is 0 Å². The van der Waals surface area contributed by atoms with Crippen LogP contribution in [0.15, 0.2) is 24.3 Å². The molecule has 1 heteroatoms. The van der Waals surface area contributed by atoms with Crippen LogP contribution in [0, 0.1) is 5.41 Å². The molecule has 1 nitrogen and oxygen atoms in total. The van der Waals surface area contributed by atoms with E-state index in [1.54, 1.807) is 0 Å². The average molecular weight is 217 g/mol. The molecule has 0 aromatic heterocycles. The van der Waals surface area contributed by atoms with E-state index in [9.17, 15) is 0 Å². The minimum Gasteiger partial charge on any atom is -0.307 e. The summed E-state index contributed by atoms with van der Waals surface area (Å²) < 4.78 is 0. The summed E-state index contributed by atoms with van der Waals surface area (Å²) >= 11 is 0. The Kier molecular flexibility index (Phi) is 3.07. The van der Waals surface area contributed by atoms with Gasteiger partial charge in [-0.2, -0.15) is 0 Å². The fraction of sp³-hybridized carbons (Fsp3) is 0.600. The summed E-state index contributed by atoms with van der Waals surface area (Å²) in [6.07, 6.45) is 2.48. The first-order chi connectivity index (χ1) is 7.48. The molecule has 2 rings (SSSR count). The van der Waals surface area contributed by atoms with Gasteiger partial charge in [-0.15, -0.1) is 0 Å². The maximum Gasteiger partial charge on any atom is 0.0328 e. The van der Waals surface area contributed by atoms with E-state index >= 15 is 0 Å². The Labute approximate surface area is 99.3 Å². The summed E-state index contributed by atoms with van der Waals surface area (Å²) in [4.78, 5) is 0. The van der Waals surface area contributed by atoms with Crippen molar-refractivity contribution in [2.75, 3.05) is 0 Å². The molecule has 0 bridgehead atoms. The maximum absolute atomic E-state index is 3.77. The highest BCUT2D eigenvalue weighted by Gasteiger charge is 2.27. The van der Waals surface area contributed by atoms with Gasteiger partial charge in [-0.1, -0.05) is 45.0 Å². The quantitative estimate of drug-likeness (QED) is 0.796. The van der Waals surface area contributed by atoms with Crippen LogP contribution in [0.2, 0.25) is 0 Å². The fourth-order valence-corrected chi connectivity index (χ4v) is 2.28. The summed E-state index contributed by atoms with van der Waals surface area (Å²) in [5.41, 5.74) is 3.37. The van der Waals surface area contributed by atoms with E-state index in [0.717, 1.165) is 0 Å². The number of fused-ring (bicyclic) bond motifs is 1. The van der Waals surface area contributed by atoms with Gasteiger partial charge in [0.05, 0.1) is 0 Å². The van der Waals surface area contributed by atoms with Crippen LogP contribution in [-0.2, 0) is 6.42 Å². The van der Waals surface area contributed by atoms with Crippen LogP contribution in [-0.4, -0.2) is 6.04 Å². The molecule has 0 fully saturated rings. The third-order valence-electron chi connectivity index (χ3n) is 3.88. The van der Waals surface area contributed by atoms with Gasteiger partial charge in [-0.05, 0) is 36.3 Å². The first-order valence-corrected chi connectivity index (χ1v) is 6.32. The van der Waals surface area contributed by atoms with Crippen molar-refractivity contribution in [1.29, 1.82) is 0 Å². The molecule has 0 radical (unpaired) electrons. The number of benzene rings is 1. The first kappa shape index (κ1) is 11.7. The predicted octanol–water partition coefficient (Wildman–Crippen LogP) is 3.70. The topological polar surface area (TPSA) is 12.0 Å².